The summed E-state index contributed by atoms with van der Waals surface area (Å²) in [6, 6.07) is 12.5. The molecule has 0 bridgehead atoms. The molecule has 1 fully saturated rings. The third-order valence-electron chi connectivity index (χ3n) is 6.47. The first kappa shape index (κ1) is 24.2. The number of hydrogen-bond acceptors (Lipinski definition) is 6. The zero-order chi connectivity index (χ0) is 23.9. The van der Waals surface area contributed by atoms with E-state index < -0.39 is 12.1 Å². The van der Waals surface area contributed by atoms with E-state index in [1.54, 1.807) is 12.1 Å². The molecular formula is C27H34N2O5. The van der Waals surface area contributed by atoms with Gasteiger partial charge in [0.05, 0.1) is 6.04 Å². The first-order valence-electron chi connectivity index (χ1n) is 12.2. The van der Waals surface area contributed by atoms with Crippen molar-refractivity contribution in [2.45, 2.75) is 51.2 Å². The van der Waals surface area contributed by atoms with Crippen LogP contribution < -0.4 is 14.8 Å². The second-order valence-corrected chi connectivity index (χ2v) is 9.17. The number of carbonyl (C=O) groups is 2. The number of fused-ring (bicyclic) bond motifs is 1. The molecule has 4 rings (SSSR count). The lowest BCUT2D eigenvalue weighted by molar-refractivity contribution is -0.123. The van der Waals surface area contributed by atoms with Crippen molar-refractivity contribution in [2.75, 3.05) is 32.8 Å². The Morgan fingerprint density at radius 1 is 1.00 bits per heavy atom. The average Bonchev–Trinajstić information content (AvgIpc) is 3.36. The van der Waals surface area contributed by atoms with Gasteiger partial charge in [-0.05, 0) is 57.0 Å². The van der Waals surface area contributed by atoms with E-state index in [1.165, 1.54) is 0 Å². The van der Waals surface area contributed by atoms with Gasteiger partial charge in [-0.15, -0.1) is 0 Å². The molecule has 0 radical (unpaired) electrons. The molecule has 2 N–H and O–H groups in total. The van der Waals surface area contributed by atoms with Crippen LogP contribution in [0.2, 0.25) is 0 Å². The number of benzene rings is 2. The van der Waals surface area contributed by atoms with Gasteiger partial charge < -0.3 is 24.8 Å². The van der Waals surface area contributed by atoms with Crippen LogP contribution in [0.3, 0.4) is 0 Å². The van der Waals surface area contributed by atoms with Crippen molar-refractivity contribution in [3.05, 3.63) is 59.2 Å². The highest BCUT2D eigenvalue weighted by Gasteiger charge is 2.27. The number of amides is 1. The average molecular weight is 467 g/mol. The second kappa shape index (κ2) is 11.5. The maximum Gasteiger partial charge on any atom is 0.220 e. The van der Waals surface area contributed by atoms with Crippen molar-refractivity contribution in [1.29, 1.82) is 0 Å². The molecule has 2 aromatic carbocycles. The van der Waals surface area contributed by atoms with E-state index >= 15 is 0 Å². The van der Waals surface area contributed by atoms with Crippen molar-refractivity contribution >= 4 is 11.7 Å². The molecule has 34 heavy (non-hydrogen) atoms. The molecular weight excluding hydrogens is 432 g/mol. The van der Waals surface area contributed by atoms with E-state index in [0.29, 0.717) is 55.2 Å². The summed E-state index contributed by atoms with van der Waals surface area (Å²) in [6.07, 6.45) is 2.40. The molecule has 1 saturated heterocycles. The number of ether oxygens (including phenoxy) is 2. The number of aryl methyl sites for hydroxylation is 1. The highest BCUT2D eigenvalue weighted by molar-refractivity contribution is 5.96. The minimum Gasteiger partial charge on any atom is -0.486 e. The highest BCUT2D eigenvalue weighted by atomic mass is 16.6. The van der Waals surface area contributed by atoms with Crippen LogP contribution in [0.5, 0.6) is 11.5 Å². The van der Waals surface area contributed by atoms with Crippen molar-refractivity contribution in [2.24, 2.45) is 0 Å². The number of carbonyl (C=O) groups excluding carboxylic acids is 2. The molecule has 2 aliphatic rings. The Kier molecular flexibility index (Phi) is 8.19. The molecule has 2 aromatic rings. The van der Waals surface area contributed by atoms with Gasteiger partial charge in [0.1, 0.15) is 19.3 Å². The van der Waals surface area contributed by atoms with Gasteiger partial charge in [0.25, 0.3) is 0 Å². The number of likely N-dealkylation sites (tertiary alicyclic amines) is 1. The summed E-state index contributed by atoms with van der Waals surface area (Å²) in [7, 11) is 0. The van der Waals surface area contributed by atoms with Gasteiger partial charge in [-0.25, -0.2) is 0 Å². The summed E-state index contributed by atoms with van der Waals surface area (Å²) in [6.45, 7) is 5.47. The molecule has 0 saturated carbocycles. The SMILES string of the molecule is Cc1ccc(C(=O)CCCC(=O)NC(CN2CCCC2)C(O)c2ccc3c(c2)OCCO3)cc1. The Balaban J connectivity index is 1.35. The van der Waals surface area contributed by atoms with Gasteiger partial charge >= 0.3 is 0 Å². The summed E-state index contributed by atoms with van der Waals surface area (Å²) in [4.78, 5) is 27.4. The van der Waals surface area contributed by atoms with Gasteiger partial charge in [-0.2, -0.15) is 0 Å². The highest BCUT2D eigenvalue weighted by Crippen LogP contribution is 2.33. The first-order valence-corrected chi connectivity index (χ1v) is 12.2. The molecule has 0 spiro atoms. The third-order valence-corrected chi connectivity index (χ3v) is 6.47. The van der Waals surface area contributed by atoms with Crippen molar-refractivity contribution < 1.29 is 24.2 Å². The fraction of sp³-hybridized carbons (Fsp3) is 0.481. The lowest BCUT2D eigenvalue weighted by Crippen LogP contribution is -2.46. The smallest absolute Gasteiger partial charge is 0.220 e. The van der Waals surface area contributed by atoms with Gasteiger partial charge in [0.2, 0.25) is 5.91 Å². The van der Waals surface area contributed by atoms with Crippen LogP contribution in [0.25, 0.3) is 0 Å². The molecule has 2 heterocycles. The maximum atomic E-state index is 12.8. The van der Waals surface area contributed by atoms with Crippen LogP contribution in [0.4, 0.5) is 0 Å². The van der Waals surface area contributed by atoms with Gasteiger partial charge in [0.15, 0.2) is 17.3 Å². The molecule has 0 aliphatic carbocycles. The molecule has 7 heteroatoms. The summed E-state index contributed by atoms with van der Waals surface area (Å²) < 4.78 is 11.2. The molecule has 7 nitrogen and oxygen atoms in total. The summed E-state index contributed by atoms with van der Waals surface area (Å²) in [5.74, 6) is 1.17. The predicted molar refractivity (Wildman–Crippen MR) is 129 cm³/mol. The molecule has 2 atom stereocenters. The van der Waals surface area contributed by atoms with E-state index in [1.807, 2.05) is 37.3 Å². The maximum absolute atomic E-state index is 12.8. The molecule has 2 aliphatic heterocycles. The Bertz CT molecular complexity index is 985. The van der Waals surface area contributed by atoms with Gasteiger partial charge in [0, 0.05) is 24.9 Å². The summed E-state index contributed by atoms with van der Waals surface area (Å²) in [5.41, 5.74) is 2.46. The fourth-order valence-corrected chi connectivity index (χ4v) is 4.52. The quantitative estimate of drug-likeness (QED) is 0.522. The normalized spacial score (nSPS) is 17.2. The third kappa shape index (κ3) is 6.36. The largest absolute Gasteiger partial charge is 0.486 e. The van der Waals surface area contributed by atoms with Crippen LogP contribution in [0.15, 0.2) is 42.5 Å². The van der Waals surface area contributed by atoms with Crippen LogP contribution in [0, 0.1) is 6.92 Å². The zero-order valence-electron chi connectivity index (χ0n) is 19.8. The van der Waals surface area contributed by atoms with Crippen LogP contribution in [-0.4, -0.2) is 60.6 Å². The Morgan fingerprint density at radius 3 is 2.44 bits per heavy atom. The van der Waals surface area contributed by atoms with Crippen molar-refractivity contribution in [3.63, 3.8) is 0 Å². The Morgan fingerprint density at radius 2 is 1.71 bits per heavy atom. The van der Waals surface area contributed by atoms with E-state index in [4.69, 9.17) is 9.47 Å². The molecule has 2 unspecified atom stereocenters. The predicted octanol–water partition coefficient (Wildman–Crippen LogP) is 3.43. The first-order chi connectivity index (χ1) is 16.5. The van der Waals surface area contributed by atoms with Crippen molar-refractivity contribution in [1.82, 2.24) is 10.2 Å². The number of Topliss-reactive ketones (excluding diaryl/α,β-unsaturated/α-hetero) is 1. The van der Waals surface area contributed by atoms with Crippen LogP contribution in [-0.2, 0) is 4.79 Å². The van der Waals surface area contributed by atoms with Gasteiger partial charge in [-0.1, -0.05) is 35.9 Å². The Hall–Kier alpha value is -2.90. The second-order valence-electron chi connectivity index (χ2n) is 9.17. The number of aliphatic hydroxyl groups is 1. The standard InChI is InChI=1S/C27H34N2O5/c1-19-7-9-20(10-8-19)23(30)5-4-6-26(31)28-22(18-29-13-2-3-14-29)27(32)21-11-12-24-25(17-21)34-16-15-33-24/h7-12,17,22,27,32H,2-6,13-16,18H2,1H3,(H,28,31). The minimum atomic E-state index is -0.880. The van der Waals surface area contributed by atoms with Crippen LogP contribution >= 0.6 is 0 Å². The number of rotatable bonds is 10. The van der Waals surface area contributed by atoms with E-state index in [2.05, 4.69) is 10.2 Å². The lowest BCUT2D eigenvalue weighted by atomic mass is 10.00. The van der Waals surface area contributed by atoms with E-state index in [0.717, 1.165) is 31.5 Å². The zero-order valence-corrected chi connectivity index (χ0v) is 19.8. The van der Waals surface area contributed by atoms with E-state index in [9.17, 15) is 14.7 Å². The van der Waals surface area contributed by atoms with E-state index in [-0.39, 0.29) is 18.1 Å². The molecule has 182 valence electrons. The minimum absolute atomic E-state index is 0.0396. The van der Waals surface area contributed by atoms with Crippen molar-refractivity contribution in [3.8, 4) is 11.5 Å². The number of ketones is 1. The number of nitrogens with zero attached hydrogens (tertiary/aromatic N) is 1. The summed E-state index contributed by atoms with van der Waals surface area (Å²) in [5, 5.41) is 14.2. The Labute approximate surface area is 201 Å². The number of hydrogen-bond donors (Lipinski definition) is 2. The lowest BCUT2D eigenvalue weighted by Gasteiger charge is -2.29. The molecule has 0 aromatic heterocycles. The monoisotopic (exact) mass is 466 g/mol. The molecule has 1 amide bonds. The van der Waals surface area contributed by atoms with Gasteiger partial charge in [-0.3, -0.25) is 9.59 Å². The summed E-state index contributed by atoms with van der Waals surface area (Å²) >= 11 is 0. The number of nitrogens with one attached hydrogen (secondary N) is 1. The fourth-order valence-electron chi connectivity index (χ4n) is 4.52. The number of aliphatic hydroxyl groups excluding tert-OH is 1. The topological polar surface area (TPSA) is 88.1 Å². The van der Waals surface area contributed by atoms with Crippen LogP contribution in [0.1, 0.15) is 59.7 Å².